The summed E-state index contributed by atoms with van der Waals surface area (Å²) < 4.78 is 1.72. The Bertz CT molecular complexity index is 1130. The number of hydrogen-bond donors (Lipinski definition) is 1. The zero-order valence-electron chi connectivity index (χ0n) is 15.2. The van der Waals surface area contributed by atoms with Gasteiger partial charge in [0, 0.05) is 35.5 Å². The lowest BCUT2D eigenvalue weighted by molar-refractivity contribution is 0.547. The topological polar surface area (TPSA) is 58.3 Å². The van der Waals surface area contributed by atoms with E-state index < -0.39 is 0 Å². The summed E-state index contributed by atoms with van der Waals surface area (Å²) in [5.74, 6) is 1.47. The van der Waals surface area contributed by atoms with Gasteiger partial charge < -0.3 is 10.6 Å². The first kappa shape index (κ1) is 16.8. The average Bonchev–Trinajstić information content (AvgIpc) is 3.31. The average molecular weight is 412 g/mol. The standard InChI is InChI=1S/C21H19Cl2N5/c22-18-17-20-26-19(25-18)12-6-7-14-11(9-12)5-8-15(16(14)10-24)21(28(17)23)27(20)13-3-1-2-4-13/h5-9,13,21H,1-4,10,24H2. The molecule has 1 atom stereocenters. The largest absolute Gasteiger partial charge is 0.326 e. The Morgan fingerprint density at radius 2 is 1.93 bits per heavy atom. The van der Waals surface area contributed by atoms with E-state index in [0.717, 1.165) is 46.1 Å². The quantitative estimate of drug-likeness (QED) is 0.466. The molecule has 2 N–H and O–H groups in total. The highest BCUT2D eigenvalue weighted by molar-refractivity contribution is 6.37. The summed E-state index contributed by atoms with van der Waals surface area (Å²) in [6, 6.07) is 11.0. The molecule has 5 nitrogen and oxygen atoms in total. The summed E-state index contributed by atoms with van der Waals surface area (Å²) in [5.41, 5.74) is 10.1. The van der Waals surface area contributed by atoms with E-state index in [1.807, 2.05) is 0 Å². The normalized spacial score (nSPS) is 20.3. The summed E-state index contributed by atoms with van der Waals surface area (Å²) in [7, 11) is 0. The van der Waals surface area contributed by atoms with Crippen LogP contribution in [0.5, 0.6) is 0 Å². The monoisotopic (exact) mass is 411 g/mol. The Balaban J connectivity index is 1.75. The van der Waals surface area contributed by atoms with Gasteiger partial charge in [0.1, 0.15) is 11.9 Å². The highest BCUT2D eigenvalue weighted by atomic mass is 35.5. The van der Waals surface area contributed by atoms with Crippen LogP contribution in [-0.2, 0) is 6.54 Å². The zero-order valence-corrected chi connectivity index (χ0v) is 16.7. The first-order valence-corrected chi connectivity index (χ1v) is 10.5. The highest BCUT2D eigenvalue weighted by Crippen LogP contribution is 2.53. The molecule has 3 aromatic rings. The molecule has 7 heteroatoms. The Hall–Kier alpha value is -2.08. The molecule has 5 aliphatic rings. The van der Waals surface area contributed by atoms with Crippen LogP contribution < -0.4 is 15.1 Å². The van der Waals surface area contributed by atoms with Crippen LogP contribution in [0.25, 0.3) is 22.2 Å². The third-order valence-corrected chi connectivity index (χ3v) is 7.00. The van der Waals surface area contributed by atoms with Gasteiger partial charge in [-0.15, -0.1) is 0 Å². The minimum Gasteiger partial charge on any atom is -0.326 e. The SMILES string of the molecule is NCc1c2ccc3cc(ccc13)-c1nc(Cl)c3c(n1)N(C1CCCC1)C2N3Cl. The van der Waals surface area contributed by atoms with Gasteiger partial charge in [0.05, 0.1) is 0 Å². The lowest BCUT2D eigenvalue weighted by Crippen LogP contribution is -2.39. The van der Waals surface area contributed by atoms with E-state index in [-0.39, 0.29) is 6.17 Å². The fourth-order valence-corrected chi connectivity index (χ4v) is 5.76. The molecule has 8 rings (SSSR count). The van der Waals surface area contributed by atoms with Crippen molar-refractivity contribution in [1.29, 1.82) is 0 Å². The summed E-state index contributed by atoms with van der Waals surface area (Å²) >= 11 is 13.6. The number of halogens is 2. The number of fused-ring (bicyclic) bond motifs is 2. The van der Waals surface area contributed by atoms with Gasteiger partial charge in [-0.2, -0.15) is 0 Å². The van der Waals surface area contributed by atoms with E-state index in [4.69, 9.17) is 34.1 Å². The minimum atomic E-state index is -0.193. The number of benzene rings is 2. The van der Waals surface area contributed by atoms with Gasteiger partial charge in [-0.25, -0.2) is 9.97 Å². The van der Waals surface area contributed by atoms with Crippen molar-refractivity contribution in [3.05, 3.63) is 46.6 Å². The van der Waals surface area contributed by atoms with E-state index in [1.54, 1.807) is 4.42 Å². The first-order valence-electron chi connectivity index (χ1n) is 9.74. The molecule has 2 aromatic carbocycles. The third-order valence-electron chi connectivity index (χ3n) is 6.39. The fourth-order valence-electron chi connectivity index (χ4n) is 5.10. The van der Waals surface area contributed by atoms with Crippen molar-refractivity contribution >= 4 is 45.7 Å². The summed E-state index contributed by atoms with van der Waals surface area (Å²) in [4.78, 5) is 11.9. The Morgan fingerprint density at radius 1 is 1.11 bits per heavy atom. The number of nitrogens with two attached hydrogens (primary N) is 1. The second-order valence-electron chi connectivity index (χ2n) is 7.81. The van der Waals surface area contributed by atoms with E-state index in [0.29, 0.717) is 29.3 Å². The van der Waals surface area contributed by atoms with Gasteiger partial charge in [0.2, 0.25) is 0 Å². The van der Waals surface area contributed by atoms with Crippen molar-refractivity contribution in [1.82, 2.24) is 9.97 Å². The Morgan fingerprint density at radius 3 is 2.71 bits per heavy atom. The molecular weight excluding hydrogens is 393 g/mol. The van der Waals surface area contributed by atoms with Crippen molar-refractivity contribution in [3.63, 3.8) is 0 Å². The van der Waals surface area contributed by atoms with Crippen LogP contribution in [0.4, 0.5) is 11.5 Å². The molecule has 1 aliphatic carbocycles. The lowest BCUT2D eigenvalue weighted by Gasteiger charge is -2.34. The first-order chi connectivity index (χ1) is 13.7. The Labute approximate surface area is 173 Å². The molecule has 1 fully saturated rings. The smallest absolute Gasteiger partial charge is 0.163 e. The number of nitrogens with zero attached hydrogens (tertiary/aromatic N) is 4. The zero-order chi connectivity index (χ0) is 19.0. The minimum absolute atomic E-state index is 0.193. The molecule has 142 valence electrons. The summed E-state index contributed by atoms with van der Waals surface area (Å²) in [6.07, 6.45) is 4.50. The van der Waals surface area contributed by atoms with Gasteiger partial charge in [0.25, 0.3) is 0 Å². The molecule has 0 saturated heterocycles. The van der Waals surface area contributed by atoms with Crippen molar-refractivity contribution in [2.45, 2.75) is 44.4 Å². The van der Waals surface area contributed by atoms with Crippen LogP contribution in [0.3, 0.4) is 0 Å². The maximum atomic E-state index is 6.92. The number of aromatic nitrogens is 2. The van der Waals surface area contributed by atoms with Crippen LogP contribution >= 0.6 is 23.4 Å². The maximum absolute atomic E-state index is 6.92. The molecule has 0 amide bonds. The molecule has 4 aliphatic heterocycles. The van der Waals surface area contributed by atoms with Gasteiger partial charge in [-0.3, -0.25) is 4.42 Å². The lowest BCUT2D eigenvalue weighted by atomic mass is 9.95. The molecule has 0 spiro atoms. The molecule has 1 unspecified atom stereocenters. The molecule has 1 saturated carbocycles. The van der Waals surface area contributed by atoms with Gasteiger partial charge in [-0.05, 0) is 35.2 Å². The van der Waals surface area contributed by atoms with Crippen LogP contribution in [0.2, 0.25) is 5.15 Å². The van der Waals surface area contributed by atoms with E-state index >= 15 is 0 Å². The fraction of sp³-hybridized carbons (Fsp3) is 0.333. The van der Waals surface area contributed by atoms with E-state index in [1.165, 1.54) is 12.8 Å². The molecule has 7 bridgehead atoms. The van der Waals surface area contributed by atoms with E-state index in [2.05, 4.69) is 40.2 Å². The van der Waals surface area contributed by atoms with Crippen molar-refractivity contribution < 1.29 is 0 Å². The van der Waals surface area contributed by atoms with Crippen LogP contribution in [-0.4, -0.2) is 16.0 Å². The maximum Gasteiger partial charge on any atom is 0.163 e. The number of anilines is 2. The number of hydrogen-bond acceptors (Lipinski definition) is 5. The Kier molecular flexibility index (Phi) is 3.58. The van der Waals surface area contributed by atoms with Gasteiger partial charge in [0.15, 0.2) is 16.8 Å². The summed E-state index contributed by atoms with van der Waals surface area (Å²) in [6.45, 7) is 0.450. The van der Waals surface area contributed by atoms with Gasteiger partial charge in [-0.1, -0.05) is 48.7 Å². The van der Waals surface area contributed by atoms with Crippen LogP contribution in [0.15, 0.2) is 30.3 Å². The second kappa shape index (κ2) is 5.96. The predicted molar refractivity (Wildman–Crippen MR) is 114 cm³/mol. The highest BCUT2D eigenvalue weighted by Gasteiger charge is 2.45. The molecule has 0 radical (unpaired) electrons. The summed E-state index contributed by atoms with van der Waals surface area (Å²) in [5, 5.41) is 2.68. The predicted octanol–water partition coefficient (Wildman–Crippen LogP) is 5.14. The molecule has 28 heavy (non-hydrogen) atoms. The van der Waals surface area contributed by atoms with Crippen LogP contribution in [0.1, 0.15) is 43.0 Å². The van der Waals surface area contributed by atoms with E-state index in [9.17, 15) is 0 Å². The van der Waals surface area contributed by atoms with Gasteiger partial charge >= 0.3 is 0 Å². The second-order valence-corrected chi connectivity index (χ2v) is 8.54. The number of rotatable bonds is 2. The van der Waals surface area contributed by atoms with Crippen LogP contribution in [0, 0.1) is 0 Å². The van der Waals surface area contributed by atoms with Crippen molar-refractivity contribution in [3.8, 4) is 11.4 Å². The molecular formula is C21H19Cl2N5. The third kappa shape index (κ3) is 2.12. The molecule has 5 heterocycles. The van der Waals surface area contributed by atoms with Crippen molar-refractivity contribution in [2.75, 3.05) is 9.32 Å². The molecule has 1 aromatic heterocycles. The van der Waals surface area contributed by atoms with Crippen molar-refractivity contribution in [2.24, 2.45) is 5.73 Å².